The van der Waals surface area contributed by atoms with Crippen LogP contribution in [0.1, 0.15) is 46.5 Å². The van der Waals surface area contributed by atoms with Crippen molar-refractivity contribution in [2.45, 2.75) is 72.1 Å². The molecule has 0 aliphatic rings. The van der Waals surface area contributed by atoms with Gasteiger partial charge in [0.25, 0.3) is 0 Å². The predicted octanol–water partition coefficient (Wildman–Crippen LogP) is 4.47. The highest BCUT2D eigenvalue weighted by atomic mass is 28.3. The minimum Gasteiger partial charge on any atom is -0.465 e. The van der Waals surface area contributed by atoms with E-state index in [0.29, 0.717) is 6.61 Å². The first kappa shape index (κ1) is 16.7. The maximum Gasteiger partial charge on any atom is 0.311 e. The van der Waals surface area contributed by atoms with E-state index < -0.39 is 8.07 Å². The van der Waals surface area contributed by atoms with Crippen molar-refractivity contribution in [3.63, 3.8) is 0 Å². The molecule has 0 rings (SSSR count). The molecule has 0 amide bonds. The van der Waals surface area contributed by atoms with Crippen molar-refractivity contribution in [3.05, 3.63) is 0 Å². The Morgan fingerprint density at radius 2 is 1.82 bits per heavy atom. The van der Waals surface area contributed by atoms with Crippen LogP contribution in [0.3, 0.4) is 0 Å². The van der Waals surface area contributed by atoms with E-state index in [2.05, 4.69) is 33.5 Å². The molecule has 2 nitrogen and oxygen atoms in total. The third kappa shape index (κ3) is 6.87. The first-order chi connectivity index (χ1) is 7.75. The summed E-state index contributed by atoms with van der Waals surface area (Å²) in [6.07, 6.45) is 3.85. The van der Waals surface area contributed by atoms with E-state index in [9.17, 15) is 4.79 Å². The second-order valence-electron chi connectivity index (χ2n) is 6.46. The van der Waals surface area contributed by atoms with Gasteiger partial charge >= 0.3 is 5.97 Å². The van der Waals surface area contributed by atoms with Gasteiger partial charge in [-0.1, -0.05) is 46.0 Å². The Kier molecular flexibility index (Phi) is 7.06. The van der Waals surface area contributed by atoms with Crippen LogP contribution in [0.25, 0.3) is 0 Å². The standard InChI is InChI=1S/C14H30O2Si/c1-7-10-14(3,8-2)13(15)16-11-9-12-17(4,5)6/h7-12H2,1-6H3. The lowest BCUT2D eigenvalue weighted by atomic mass is 9.83. The number of carbonyl (C=O) groups is 1. The fraction of sp³-hybridized carbons (Fsp3) is 0.929. The monoisotopic (exact) mass is 258 g/mol. The van der Waals surface area contributed by atoms with Gasteiger partial charge in [0.15, 0.2) is 0 Å². The summed E-state index contributed by atoms with van der Waals surface area (Å²) < 4.78 is 5.43. The maximum absolute atomic E-state index is 12.0. The fourth-order valence-electron chi connectivity index (χ4n) is 1.92. The Bertz CT molecular complexity index is 233. The van der Waals surface area contributed by atoms with Crippen molar-refractivity contribution in [3.8, 4) is 0 Å². The molecule has 0 N–H and O–H groups in total. The summed E-state index contributed by atoms with van der Waals surface area (Å²) in [6.45, 7) is 13.9. The van der Waals surface area contributed by atoms with Crippen LogP contribution in [0, 0.1) is 5.41 Å². The molecule has 17 heavy (non-hydrogen) atoms. The van der Waals surface area contributed by atoms with Crippen LogP contribution in [0.5, 0.6) is 0 Å². The fourth-order valence-corrected chi connectivity index (χ4v) is 3.12. The number of hydrogen-bond acceptors (Lipinski definition) is 2. The van der Waals surface area contributed by atoms with Crippen molar-refractivity contribution in [2.75, 3.05) is 6.61 Å². The first-order valence-corrected chi connectivity index (χ1v) is 10.6. The van der Waals surface area contributed by atoms with Crippen LogP contribution < -0.4 is 0 Å². The van der Waals surface area contributed by atoms with Gasteiger partial charge < -0.3 is 4.74 Å². The second-order valence-corrected chi connectivity index (χ2v) is 12.1. The van der Waals surface area contributed by atoms with Crippen molar-refractivity contribution in [1.82, 2.24) is 0 Å². The van der Waals surface area contributed by atoms with Crippen molar-refractivity contribution in [2.24, 2.45) is 5.41 Å². The van der Waals surface area contributed by atoms with E-state index in [1.807, 2.05) is 6.92 Å². The second kappa shape index (κ2) is 7.19. The Labute approximate surface area is 108 Å². The lowest BCUT2D eigenvalue weighted by Crippen LogP contribution is -2.30. The first-order valence-electron chi connectivity index (χ1n) is 6.92. The third-order valence-electron chi connectivity index (χ3n) is 3.38. The molecule has 0 aliphatic carbocycles. The Morgan fingerprint density at radius 3 is 2.24 bits per heavy atom. The van der Waals surface area contributed by atoms with E-state index in [1.54, 1.807) is 0 Å². The van der Waals surface area contributed by atoms with Crippen LogP contribution >= 0.6 is 0 Å². The van der Waals surface area contributed by atoms with E-state index in [1.165, 1.54) is 6.04 Å². The lowest BCUT2D eigenvalue weighted by Gasteiger charge is -2.25. The minimum atomic E-state index is -0.990. The van der Waals surface area contributed by atoms with Gasteiger partial charge in [0.1, 0.15) is 0 Å². The smallest absolute Gasteiger partial charge is 0.311 e. The zero-order valence-electron chi connectivity index (χ0n) is 12.6. The van der Waals surface area contributed by atoms with Gasteiger partial charge in [-0.2, -0.15) is 0 Å². The van der Waals surface area contributed by atoms with Crippen LogP contribution in [0.15, 0.2) is 0 Å². The third-order valence-corrected chi connectivity index (χ3v) is 5.23. The molecule has 0 aromatic rings. The van der Waals surface area contributed by atoms with Crippen LogP contribution in [0.2, 0.25) is 25.7 Å². The van der Waals surface area contributed by atoms with Crippen LogP contribution in [0.4, 0.5) is 0 Å². The van der Waals surface area contributed by atoms with Crippen LogP contribution in [-0.2, 0) is 9.53 Å². The summed E-state index contributed by atoms with van der Waals surface area (Å²) >= 11 is 0. The molecule has 0 bridgehead atoms. The molecule has 0 aromatic carbocycles. The molecule has 0 fully saturated rings. The topological polar surface area (TPSA) is 26.3 Å². The summed E-state index contributed by atoms with van der Waals surface area (Å²) in [5.41, 5.74) is -0.270. The van der Waals surface area contributed by atoms with E-state index >= 15 is 0 Å². The molecular weight excluding hydrogens is 228 g/mol. The van der Waals surface area contributed by atoms with Gasteiger partial charge in [-0.05, 0) is 26.2 Å². The van der Waals surface area contributed by atoms with Gasteiger partial charge in [-0.15, -0.1) is 0 Å². The largest absolute Gasteiger partial charge is 0.465 e. The number of esters is 1. The summed E-state index contributed by atoms with van der Waals surface area (Å²) in [4.78, 5) is 12.0. The van der Waals surface area contributed by atoms with Crippen molar-refractivity contribution < 1.29 is 9.53 Å². The predicted molar refractivity (Wildman–Crippen MR) is 77.0 cm³/mol. The molecule has 0 aromatic heterocycles. The average Bonchev–Trinajstić information content (AvgIpc) is 2.23. The number of hydrogen-bond donors (Lipinski definition) is 0. The summed E-state index contributed by atoms with van der Waals surface area (Å²) in [5, 5.41) is 0. The van der Waals surface area contributed by atoms with Crippen molar-refractivity contribution in [1.29, 1.82) is 0 Å². The van der Waals surface area contributed by atoms with Gasteiger partial charge in [-0.3, -0.25) is 4.79 Å². The van der Waals surface area contributed by atoms with E-state index in [0.717, 1.165) is 25.7 Å². The molecule has 0 saturated carbocycles. The summed E-state index contributed by atoms with van der Waals surface area (Å²) in [6, 6.07) is 1.23. The highest BCUT2D eigenvalue weighted by Gasteiger charge is 2.31. The molecule has 102 valence electrons. The highest BCUT2D eigenvalue weighted by Crippen LogP contribution is 2.29. The molecule has 0 spiro atoms. The Balaban J connectivity index is 4.00. The van der Waals surface area contributed by atoms with E-state index in [-0.39, 0.29) is 11.4 Å². The average molecular weight is 258 g/mol. The molecule has 1 unspecified atom stereocenters. The highest BCUT2D eigenvalue weighted by molar-refractivity contribution is 6.76. The zero-order chi connectivity index (χ0) is 13.5. The molecular formula is C14H30O2Si. The van der Waals surface area contributed by atoms with E-state index in [4.69, 9.17) is 4.74 Å². The van der Waals surface area contributed by atoms with Crippen molar-refractivity contribution >= 4 is 14.0 Å². The van der Waals surface area contributed by atoms with Gasteiger partial charge in [0, 0.05) is 8.07 Å². The quantitative estimate of drug-likeness (QED) is 0.365. The lowest BCUT2D eigenvalue weighted by molar-refractivity contribution is -0.155. The molecule has 3 heteroatoms. The molecule has 0 aliphatic heterocycles. The molecule has 1 atom stereocenters. The van der Waals surface area contributed by atoms with Gasteiger partial charge in [-0.25, -0.2) is 0 Å². The number of rotatable bonds is 8. The van der Waals surface area contributed by atoms with Gasteiger partial charge in [0.05, 0.1) is 12.0 Å². The summed E-state index contributed by atoms with van der Waals surface area (Å²) in [7, 11) is -0.990. The van der Waals surface area contributed by atoms with Crippen LogP contribution in [-0.4, -0.2) is 20.7 Å². The zero-order valence-corrected chi connectivity index (χ0v) is 13.6. The number of ether oxygens (including phenoxy) is 1. The Hall–Kier alpha value is -0.313. The van der Waals surface area contributed by atoms with Gasteiger partial charge in [0.2, 0.25) is 0 Å². The molecule has 0 radical (unpaired) electrons. The maximum atomic E-state index is 12.0. The molecule has 0 heterocycles. The number of carbonyl (C=O) groups excluding carboxylic acids is 1. The Morgan fingerprint density at radius 1 is 1.24 bits per heavy atom. The normalized spacial score (nSPS) is 15.4. The molecule has 0 saturated heterocycles. The minimum absolute atomic E-state index is 0.00238. The SMILES string of the molecule is CCCC(C)(CC)C(=O)OCCC[Si](C)(C)C. The summed E-state index contributed by atoms with van der Waals surface area (Å²) in [5.74, 6) is -0.00238.